The molecule has 3 heteroatoms. The van der Waals surface area contributed by atoms with Gasteiger partial charge in [-0.25, -0.2) is 4.98 Å². The molecule has 0 amide bonds. The van der Waals surface area contributed by atoms with Gasteiger partial charge in [0.2, 0.25) is 0 Å². The van der Waals surface area contributed by atoms with Crippen molar-refractivity contribution in [2.45, 2.75) is 26.2 Å². The molecule has 0 saturated heterocycles. The van der Waals surface area contributed by atoms with Crippen molar-refractivity contribution in [1.29, 1.82) is 0 Å². The highest BCUT2D eigenvalue weighted by atomic mass is 14.9. The highest BCUT2D eigenvalue weighted by molar-refractivity contribution is 5.76. The SMILES string of the molecule is Cc1nc2cc(C(C)(C)CN)ccc2[nH]1. The van der Waals surface area contributed by atoms with Gasteiger partial charge in [-0.1, -0.05) is 19.9 Å². The van der Waals surface area contributed by atoms with Gasteiger partial charge in [-0.2, -0.15) is 0 Å². The summed E-state index contributed by atoms with van der Waals surface area (Å²) in [4.78, 5) is 7.64. The molecule has 0 radical (unpaired) electrons. The van der Waals surface area contributed by atoms with E-state index in [0.717, 1.165) is 16.9 Å². The highest BCUT2D eigenvalue weighted by Gasteiger charge is 2.18. The highest BCUT2D eigenvalue weighted by Crippen LogP contribution is 2.24. The van der Waals surface area contributed by atoms with Crippen LogP contribution in [0.3, 0.4) is 0 Å². The number of rotatable bonds is 2. The third-order valence-corrected chi connectivity index (χ3v) is 2.89. The minimum absolute atomic E-state index is 0.0149. The van der Waals surface area contributed by atoms with Crippen molar-refractivity contribution in [1.82, 2.24) is 9.97 Å². The quantitative estimate of drug-likeness (QED) is 0.785. The minimum atomic E-state index is 0.0149. The largest absolute Gasteiger partial charge is 0.342 e. The van der Waals surface area contributed by atoms with Crippen LogP contribution >= 0.6 is 0 Å². The van der Waals surface area contributed by atoms with Crippen LogP contribution in [0, 0.1) is 6.92 Å². The number of nitrogens with one attached hydrogen (secondary N) is 1. The lowest BCUT2D eigenvalue weighted by molar-refractivity contribution is 0.539. The average molecular weight is 203 g/mol. The molecule has 0 fully saturated rings. The number of nitrogens with two attached hydrogens (primary N) is 1. The van der Waals surface area contributed by atoms with Crippen LogP contribution in [-0.2, 0) is 5.41 Å². The summed E-state index contributed by atoms with van der Waals surface area (Å²) in [6.07, 6.45) is 0. The molecule has 3 nitrogen and oxygen atoms in total. The maximum Gasteiger partial charge on any atom is 0.104 e. The van der Waals surface area contributed by atoms with Gasteiger partial charge >= 0.3 is 0 Å². The number of hydrogen-bond donors (Lipinski definition) is 2. The Morgan fingerprint density at radius 3 is 2.80 bits per heavy atom. The lowest BCUT2D eigenvalue weighted by atomic mass is 9.85. The fraction of sp³-hybridized carbons (Fsp3) is 0.417. The van der Waals surface area contributed by atoms with Gasteiger partial charge < -0.3 is 10.7 Å². The van der Waals surface area contributed by atoms with E-state index in [9.17, 15) is 0 Å². The summed E-state index contributed by atoms with van der Waals surface area (Å²) in [5.41, 5.74) is 9.12. The second kappa shape index (κ2) is 3.35. The summed E-state index contributed by atoms with van der Waals surface area (Å²) in [5, 5.41) is 0. The summed E-state index contributed by atoms with van der Waals surface area (Å²) >= 11 is 0. The molecule has 0 spiro atoms. The van der Waals surface area contributed by atoms with Crippen molar-refractivity contribution in [3.8, 4) is 0 Å². The first-order chi connectivity index (χ1) is 7.03. The number of nitrogens with zero attached hydrogens (tertiary/aromatic N) is 1. The number of aryl methyl sites for hydroxylation is 1. The molecule has 15 heavy (non-hydrogen) atoms. The average Bonchev–Trinajstić information content (AvgIpc) is 2.56. The van der Waals surface area contributed by atoms with Crippen LogP contribution in [0.4, 0.5) is 0 Å². The number of hydrogen-bond acceptors (Lipinski definition) is 2. The minimum Gasteiger partial charge on any atom is -0.342 e. The fourth-order valence-corrected chi connectivity index (χ4v) is 1.67. The van der Waals surface area contributed by atoms with Gasteiger partial charge in [-0.3, -0.25) is 0 Å². The second-order valence-electron chi connectivity index (χ2n) is 4.64. The third-order valence-electron chi connectivity index (χ3n) is 2.89. The first-order valence-corrected chi connectivity index (χ1v) is 5.20. The molecule has 2 rings (SSSR count). The second-order valence-corrected chi connectivity index (χ2v) is 4.64. The molecule has 0 bridgehead atoms. The van der Waals surface area contributed by atoms with E-state index in [-0.39, 0.29) is 5.41 Å². The van der Waals surface area contributed by atoms with Crippen molar-refractivity contribution < 1.29 is 0 Å². The smallest absolute Gasteiger partial charge is 0.104 e. The molecule has 0 atom stereocenters. The van der Waals surface area contributed by atoms with Gasteiger partial charge in [0.1, 0.15) is 5.82 Å². The molecule has 1 aromatic carbocycles. The van der Waals surface area contributed by atoms with E-state index in [0.29, 0.717) is 6.54 Å². The normalized spacial score (nSPS) is 12.3. The van der Waals surface area contributed by atoms with E-state index in [1.165, 1.54) is 5.56 Å². The number of H-pyrrole nitrogens is 1. The van der Waals surface area contributed by atoms with E-state index in [4.69, 9.17) is 5.73 Å². The predicted octanol–water partition coefficient (Wildman–Crippen LogP) is 2.11. The monoisotopic (exact) mass is 203 g/mol. The third kappa shape index (κ3) is 1.75. The summed E-state index contributed by atoms with van der Waals surface area (Å²) in [5.74, 6) is 0.952. The lowest BCUT2D eigenvalue weighted by Crippen LogP contribution is -2.27. The van der Waals surface area contributed by atoms with Gasteiger partial charge in [-0.05, 0) is 24.6 Å². The van der Waals surface area contributed by atoms with E-state index in [2.05, 4.69) is 42.0 Å². The first kappa shape index (κ1) is 10.2. The van der Waals surface area contributed by atoms with Crippen molar-refractivity contribution >= 4 is 11.0 Å². The van der Waals surface area contributed by atoms with Crippen LogP contribution in [0.25, 0.3) is 11.0 Å². The maximum atomic E-state index is 5.76. The Balaban J connectivity index is 2.55. The zero-order valence-corrected chi connectivity index (χ0v) is 9.46. The van der Waals surface area contributed by atoms with Gasteiger partial charge in [0.25, 0.3) is 0 Å². The van der Waals surface area contributed by atoms with E-state index in [1.54, 1.807) is 0 Å². The Bertz CT molecular complexity index is 483. The van der Waals surface area contributed by atoms with Gasteiger partial charge in [-0.15, -0.1) is 0 Å². The first-order valence-electron chi connectivity index (χ1n) is 5.20. The lowest BCUT2D eigenvalue weighted by Gasteiger charge is -2.22. The Morgan fingerprint density at radius 2 is 2.13 bits per heavy atom. The van der Waals surface area contributed by atoms with Crippen molar-refractivity contribution in [3.63, 3.8) is 0 Å². The van der Waals surface area contributed by atoms with Gasteiger partial charge in [0, 0.05) is 12.0 Å². The number of benzene rings is 1. The van der Waals surface area contributed by atoms with Crippen LogP contribution in [0.2, 0.25) is 0 Å². The molecular weight excluding hydrogens is 186 g/mol. The molecule has 80 valence electrons. The molecule has 0 aliphatic heterocycles. The molecule has 1 heterocycles. The Kier molecular flexibility index (Phi) is 2.27. The molecule has 0 aliphatic rings. The van der Waals surface area contributed by atoms with Crippen LogP contribution in [0.1, 0.15) is 25.2 Å². The Hall–Kier alpha value is -1.35. The Morgan fingerprint density at radius 1 is 1.40 bits per heavy atom. The molecule has 0 unspecified atom stereocenters. The maximum absolute atomic E-state index is 5.76. The van der Waals surface area contributed by atoms with E-state index in [1.807, 2.05) is 6.92 Å². The van der Waals surface area contributed by atoms with Crippen LogP contribution < -0.4 is 5.73 Å². The van der Waals surface area contributed by atoms with Crippen LogP contribution in [0.5, 0.6) is 0 Å². The summed E-state index contributed by atoms with van der Waals surface area (Å²) < 4.78 is 0. The standard InChI is InChI=1S/C12H17N3/c1-8-14-10-5-4-9(6-11(10)15-8)12(2,3)7-13/h4-6H,7,13H2,1-3H3,(H,14,15). The van der Waals surface area contributed by atoms with Gasteiger partial charge in [0.15, 0.2) is 0 Å². The van der Waals surface area contributed by atoms with Gasteiger partial charge in [0.05, 0.1) is 11.0 Å². The number of aromatic amines is 1. The molecule has 3 N–H and O–H groups in total. The topological polar surface area (TPSA) is 54.7 Å². The molecule has 0 saturated carbocycles. The Labute approximate surface area is 89.7 Å². The van der Waals surface area contributed by atoms with Crippen molar-refractivity contribution in [2.75, 3.05) is 6.54 Å². The van der Waals surface area contributed by atoms with E-state index < -0.39 is 0 Å². The number of imidazole rings is 1. The van der Waals surface area contributed by atoms with Crippen molar-refractivity contribution in [2.24, 2.45) is 5.73 Å². The molecular formula is C12H17N3. The van der Waals surface area contributed by atoms with Crippen LogP contribution in [-0.4, -0.2) is 16.5 Å². The summed E-state index contributed by atoms with van der Waals surface area (Å²) in [6, 6.07) is 6.31. The number of aromatic nitrogens is 2. The van der Waals surface area contributed by atoms with Crippen LogP contribution in [0.15, 0.2) is 18.2 Å². The molecule has 0 aliphatic carbocycles. The predicted molar refractivity (Wildman–Crippen MR) is 62.9 cm³/mol. The zero-order chi connectivity index (χ0) is 11.1. The summed E-state index contributed by atoms with van der Waals surface area (Å²) in [6.45, 7) is 6.90. The zero-order valence-electron chi connectivity index (χ0n) is 9.46. The number of fused-ring (bicyclic) bond motifs is 1. The van der Waals surface area contributed by atoms with E-state index >= 15 is 0 Å². The summed E-state index contributed by atoms with van der Waals surface area (Å²) in [7, 11) is 0. The van der Waals surface area contributed by atoms with Crippen molar-refractivity contribution in [3.05, 3.63) is 29.6 Å². The molecule has 1 aromatic heterocycles. The molecule has 2 aromatic rings. The fourth-order valence-electron chi connectivity index (χ4n) is 1.67.